The molecule has 100 valence electrons. The van der Waals surface area contributed by atoms with E-state index < -0.39 is 5.82 Å². The molecule has 2 aromatic rings. The molecule has 0 radical (unpaired) electrons. The molecule has 0 saturated carbocycles. The standard InChI is InChI=1S/C16H16ClFO/c1-10-4-5-12(8-11(10)2)16(17)13-6-7-15(19-3)14(18)9-13/h4-9,16H,1-3H3. The smallest absolute Gasteiger partial charge is 0.165 e. The summed E-state index contributed by atoms with van der Waals surface area (Å²) < 4.78 is 18.6. The fraction of sp³-hybridized carbons (Fsp3) is 0.250. The highest BCUT2D eigenvalue weighted by Gasteiger charge is 2.14. The van der Waals surface area contributed by atoms with E-state index in [-0.39, 0.29) is 11.1 Å². The first-order chi connectivity index (χ1) is 9.02. The molecule has 1 nitrogen and oxygen atoms in total. The maximum absolute atomic E-state index is 13.7. The summed E-state index contributed by atoms with van der Waals surface area (Å²) in [6.45, 7) is 4.09. The van der Waals surface area contributed by atoms with Crippen molar-refractivity contribution >= 4 is 11.6 Å². The highest BCUT2D eigenvalue weighted by molar-refractivity contribution is 6.22. The van der Waals surface area contributed by atoms with Crippen LogP contribution in [0.1, 0.15) is 27.6 Å². The molecule has 3 heteroatoms. The van der Waals surface area contributed by atoms with Crippen LogP contribution in [-0.4, -0.2) is 7.11 Å². The molecule has 0 aliphatic heterocycles. The number of hydrogen-bond acceptors (Lipinski definition) is 1. The SMILES string of the molecule is COc1ccc(C(Cl)c2ccc(C)c(C)c2)cc1F. The first-order valence-electron chi connectivity index (χ1n) is 6.07. The first-order valence-corrected chi connectivity index (χ1v) is 6.51. The van der Waals surface area contributed by atoms with Crippen molar-refractivity contribution in [3.8, 4) is 5.75 Å². The average molecular weight is 279 g/mol. The minimum Gasteiger partial charge on any atom is -0.494 e. The molecular formula is C16H16ClFO. The molecule has 0 N–H and O–H groups in total. The number of hydrogen-bond donors (Lipinski definition) is 0. The molecule has 0 aromatic heterocycles. The van der Waals surface area contributed by atoms with Crippen LogP contribution in [0.25, 0.3) is 0 Å². The zero-order chi connectivity index (χ0) is 14.0. The molecule has 0 aliphatic rings. The van der Waals surface area contributed by atoms with E-state index in [1.54, 1.807) is 12.1 Å². The van der Waals surface area contributed by atoms with E-state index >= 15 is 0 Å². The van der Waals surface area contributed by atoms with Gasteiger partial charge < -0.3 is 4.74 Å². The predicted octanol–water partition coefficient (Wildman–Crippen LogP) is 4.78. The summed E-state index contributed by atoms with van der Waals surface area (Å²) in [7, 11) is 1.44. The predicted molar refractivity (Wildman–Crippen MR) is 76.6 cm³/mol. The van der Waals surface area contributed by atoms with Crippen molar-refractivity contribution < 1.29 is 9.13 Å². The number of benzene rings is 2. The van der Waals surface area contributed by atoms with Crippen LogP contribution >= 0.6 is 11.6 Å². The average Bonchev–Trinajstić information content (AvgIpc) is 2.41. The maximum Gasteiger partial charge on any atom is 0.165 e. The Labute approximate surface area is 118 Å². The molecule has 0 fully saturated rings. The molecule has 0 spiro atoms. The summed E-state index contributed by atoms with van der Waals surface area (Å²) in [6.07, 6.45) is 0. The van der Waals surface area contributed by atoms with Crippen molar-refractivity contribution in [2.45, 2.75) is 19.2 Å². The van der Waals surface area contributed by atoms with E-state index in [0.29, 0.717) is 0 Å². The van der Waals surface area contributed by atoms with Gasteiger partial charge in [0.15, 0.2) is 11.6 Å². The number of ether oxygens (including phenoxy) is 1. The summed E-state index contributed by atoms with van der Waals surface area (Å²) in [5.74, 6) is -0.165. The molecule has 19 heavy (non-hydrogen) atoms. The summed E-state index contributed by atoms with van der Waals surface area (Å²) in [6, 6.07) is 10.8. The molecule has 0 bridgehead atoms. The minimum absolute atomic E-state index is 0.229. The Morgan fingerprint density at radius 2 is 1.63 bits per heavy atom. The van der Waals surface area contributed by atoms with Crippen molar-refractivity contribution in [3.63, 3.8) is 0 Å². The fourth-order valence-electron chi connectivity index (χ4n) is 1.95. The largest absolute Gasteiger partial charge is 0.494 e. The van der Waals surface area contributed by atoms with Gasteiger partial charge in [-0.05, 0) is 48.2 Å². The molecule has 1 atom stereocenters. The molecule has 0 amide bonds. The number of methoxy groups -OCH3 is 1. The zero-order valence-corrected chi connectivity index (χ0v) is 12.0. The van der Waals surface area contributed by atoms with Crippen LogP contribution in [0.2, 0.25) is 0 Å². The van der Waals surface area contributed by atoms with E-state index in [1.807, 2.05) is 25.1 Å². The summed E-state index contributed by atoms with van der Waals surface area (Å²) >= 11 is 6.42. The van der Waals surface area contributed by atoms with Crippen LogP contribution in [0, 0.1) is 19.7 Å². The molecule has 1 unspecified atom stereocenters. The Balaban J connectivity index is 2.35. The fourth-order valence-corrected chi connectivity index (χ4v) is 2.23. The minimum atomic E-state index is -0.394. The second-order valence-corrected chi connectivity index (χ2v) is 5.04. The first kappa shape index (κ1) is 13.9. The van der Waals surface area contributed by atoms with Gasteiger partial charge in [0.25, 0.3) is 0 Å². The quantitative estimate of drug-likeness (QED) is 0.734. The maximum atomic E-state index is 13.7. The van der Waals surface area contributed by atoms with Gasteiger partial charge in [0.2, 0.25) is 0 Å². The Morgan fingerprint density at radius 3 is 2.21 bits per heavy atom. The molecule has 0 heterocycles. The van der Waals surface area contributed by atoms with Crippen molar-refractivity contribution in [3.05, 3.63) is 64.5 Å². The van der Waals surface area contributed by atoms with Gasteiger partial charge >= 0.3 is 0 Å². The van der Waals surface area contributed by atoms with Crippen LogP contribution in [0.3, 0.4) is 0 Å². The number of aryl methyl sites for hydroxylation is 2. The normalized spacial score (nSPS) is 12.3. The molecule has 2 aromatic carbocycles. The molecule has 0 aliphatic carbocycles. The number of alkyl halides is 1. The second-order valence-electron chi connectivity index (χ2n) is 4.60. The van der Waals surface area contributed by atoms with Crippen LogP contribution in [0.15, 0.2) is 36.4 Å². The molecular weight excluding hydrogens is 263 g/mol. The second kappa shape index (κ2) is 5.62. The van der Waals surface area contributed by atoms with Crippen molar-refractivity contribution in [1.82, 2.24) is 0 Å². The van der Waals surface area contributed by atoms with Crippen LogP contribution in [0.5, 0.6) is 5.75 Å². The lowest BCUT2D eigenvalue weighted by atomic mass is 10.00. The zero-order valence-electron chi connectivity index (χ0n) is 11.2. The molecule has 0 saturated heterocycles. The van der Waals surface area contributed by atoms with E-state index in [0.717, 1.165) is 11.1 Å². The van der Waals surface area contributed by atoms with Gasteiger partial charge in [-0.25, -0.2) is 4.39 Å². The lowest BCUT2D eigenvalue weighted by Gasteiger charge is -2.13. The van der Waals surface area contributed by atoms with E-state index in [1.165, 1.54) is 24.3 Å². The van der Waals surface area contributed by atoms with Crippen molar-refractivity contribution in [2.24, 2.45) is 0 Å². The van der Waals surface area contributed by atoms with Gasteiger partial charge in [-0.3, -0.25) is 0 Å². The number of halogens is 2. The third-order valence-electron chi connectivity index (χ3n) is 3.29. The van der Waals surface area contributed by atoms with Crippen molar-refractivity contribution in [1.29, 1.82) is 0 Å². The van der Waals surface area contributed by atoms with Crippen molar-refractivity contribution in [2.75, 3.05) is 7.11 Å². The van der Waals surface area contributed by atoms with Gasteiger partial charge in [-0.15, -0.1) is 11.6 Å². The van der Waals surface area contributed by atoms with E-state index in [4.69, 9.17) is 16.3 Å². The van der Waals surface area contributed by atoms with Gasteiger partial charge in [0, 0.05) is 0 Å². The summed E-state index contributed by atoms with van der Waals surface area (Å²) in [4.78, 5) is 0. The highest BCUT2D eigenvalue weighted by atomic mass is 35.5. The Bertz CT molecular complexity index is 595. The summed E-state index contributed by atoms with van der Waals surface area (Å²) in [5.41, 5.74) is 4.09. The number of rotatable bonds is 3. The highest BCUT2D eigenvalue weighted by Crippen LogP contribution is 2.32. The topological polar surface area (TPSA) is 9.23 Å². The van der Waals surface area contributed by atoms with Gasteiger partial charge in [0.1, 0.15) is 0 Å². The summed E-state index contributed by atoms with van der Waals surface area (Å²) in [5, 5.41) is -0.361. The van der Waals surface area contributed by atoms with E-state index in [2.05, 4.69) is 6.92 Å². The van der Waals surface area contributed by atoms with Gasteiger partial charge in [-0.1, -0.05) is 24.3 Å². The third kappa shape index (κ3) is 2.90. The lowest BCUT2D eigenvalue weighted by molar-refractivity contribution is 0.386. The Morgan fingerprint density at radius 1 is 1.00 bits per heavy atom. The van der Waals surface area contributed by atoms with Crippen LogP contribution in [0.4, 0.5) is 4.39 Å². The van der Waals surface area contributed by atoms with Crippen LogP contribution < -0.4 is 4.74 Å². The Kier molecular flexibility index (Phi) is 4.11. The van der Waals surface area contributed by atoms with Gasteiger partial charge in [-0.2, -0.15) is 0 Å². The van der Waals surface area contributed by atoms with E-state index in [9.17, 15) is 4.39 Å². The molecule has 2 rings (SSSR count). The Hall–Kier alpha value is -1.54. The van der Waals surface area contributed by atoms with Crippen LogP contribution in [-0.2, 0) is 0 Å². The lowest BCUT2D eigenvalue weighted by Crippen LogP contribution is -1.97. The monoisotopic (exact) mass is 278 g/mol. The third-order valence-corrected chi connectivity index (χ3v) is 3.80. The van der Waals surface area contributed by atoms with Gasteiger partial charge in [0.05, 0.1) is 12.5 Å².